The van der Waals surface area contributed by atoms with Gasteiger partial charge in [-0.15, -0.1) is 0 Å². The Morgan fingerprint density at radius 3 is 2.70 bits per heavy atom. The van der Waals surface area contributed by atoms with Crippen LogP contribution in [0.25, 0.3) is 0 Å². The molecule has 0 aromatic carbocycles. The normalized spacial score (nSPS) is 21.3. The van der Waals surface area contributed by atoms with E-state index in [-0.39, 0.29) is 0 Å². The highest BCUT2D eigenvalue weighted by atomic mass is 35.5. The van der Waals surface area contributed by atoms with Gasteiger partial charge < -0.3 is 10.6 Å². The molecule has 1 aliphatic carbocycles. The molecule has 0 bridgehead atoms. The molecule has 1 aliphatic rings. The summed E-state index contributed by atoms with van der Waals surface area (Å²) in [6.07, 6.45) is 10.9. The lowest BCUT2D eigenvalue weighted by atomic mass is 9.91. The van der Waals surface area contributed by atoms with E-state index in [1.807, 2.05) is 12.4 Å². The molecule has 124 valence electrons. The van der Waals surface area contributed by atoms with Gasteiger partial charge in [-0.05, 0) is 32.1 Å². The van der Waals surface area contributed by atoms with Crippen LogP contribution in [0.1, 0.15) is 43.9 Å². The van der Waals surface area contributed by atoms with Crippen LogP contribution in [-0.4, -0.2) is 32.2 Å². The van der Waals surface area contributed by atoms with Crippen LogP contribution in [0.2, 0.25) is 5.02 Å². The van der Waals surface area contributed by atoms with Crippen LogP contribution in [0, 0.1) is 0 Å². The number of halogens is 1. The first-order valence-corrected chi connectivity index (χ1v) is 8.61. The van der Waals surface area contributed by atoms with Crippen LogP contribution < -0.4 is 10.6 Å². The fraction of sp³-hybridized carbons (Fsp3) is 0.562. The molecule has 0 radical (unpaired) electrons. The SMILES string of the molecule is CCc1nc(NC2CCC(NCc3cn[nH]c3)CC2)ncc1Cl. The Bertz CT molecular complexity index is 607. The minimum Gasteiger partial charge on any atom is -0.351 e. The zero-order valence-electron chi connectivity index (χ0n) is 13.3. The topological polar surface area (TPSA) is 78.5 Å². The van der Waals surface area contributed by atoms with Crippen LogP contribution in [0.3, 0.4) is 0 Å². The molecule has 2 heterocycles. The second kappa shape index (κ2) is 7.75. The van der Waals surface area contributed by atoms with E-state index in [0.717, 1.165) is 44.3 Å². The second-order valence-electron chi connectivity index (χ2n) is 6.02. The van der Waals surface area contributed by atoms with Gasteiger partial charge in [-0.2, -0.15) is 5.10 Å². The summed E-state index contributed by atoms with van der Waals surface area (Å²) in [5.74, 6) is 0.695. The molecular formula is C16H23ClN6. The van der Waals surface area contributed by atoms with E-state index in [9.17, 15) is 0 Å². The maximum Gasteiger partial charge on any atom is 0.223 e. The number of nitrogens with zero attached hydrogens (tertiary/aromatic N) is 3. The van der Waals surface area contributed by atoms with E-state index in [0.29, 0.717) is 23.1 Å². The molecule has 0 spiro atoms. The maximum atomic E-state index is 6.07. The summed E-state index contributed by atoms with van der Waals surface area (Å²) in [7, 11) is 0. The first-order valence-electron chi connectivity index (χ1n) is 8.23. The summed E-state index contributed by atoms with van der Waals surface area (Å²) in [4.78, 5) is 8.78. The van der Waals surface area contributed by atoms with E-state index >= 15 is 0 Å². The molecule has 6 nitrogen and oxygen atoms in total. The number of aryl methyl sites for hydroxylation is 1. The molecule has 7 heteroatoms. The standard InChI is InChI=1S/C16H23ClN6/c1-2-15-14(17)10-19-16(23-15)22-13-5-3-12(4-6-13)18-7-11-8-20-21-9-11/h8-10,12-13,18H,2-7H2,1H3,(H,20,21)(H,19,22,23). The number of rotatable bonds is 6. The zero-order chi connectivity index (χ0) is 16.1. The van der Waals surface area contributed by atoms with Gasteiger partial charge in [0.1, 0.15) is 0 Å². The minimum absolute atomic E-state index is 0.438. The Labute approximate surface area is 141 Å². The highest BCUT2D eigenvalue weighted by Gasteiger charge is 2.21. The van der Waals surface area contributed by atoms with E-state index in [4.69, 9.17) is 11.6 Å². The van der Waals surface area contributed by atoms with E-state index < -0.39 is 0 Å². The average Bonchev–Trinajstić information content (AvgIpc) is 3.09. The number of aromatic amines is 1. The molecule has 23 heavy (non-hydrogen) atoms. The second-order valence-corrected chi connectivity index (χ2v) is 6.43. The van der Waals surface area contributed by atoms with Gasteiger partial charge >= 0.3 is 0 Å². The molecule has 1 fully saturated rings. The molecule has 1 saturated carbocycles. The molecule has 2 aromatic heterocycles. The van der Waals surface area contributed by atoms with Crippen molar-refractivity contribution in [2.75, 3.05) is 5.32 Å². The van der Waals surface area contributed by atoms with Gasteiger partial charge in [0.2, 0.25) is 5.95 Å². The van der Waals surface area contributed by atoms with E-state index in [1.54, 1.807) is 6.20 Å². The lowest BCUT2D eigenvalue weighted by Gasteiger charge is -2.29. The Morgan fingerprint density at radius 2 is 2.00 bits per heavy atom. The third-order valence-electron chi connectivity index (χ3n) is 4.36. The molecule has 0 amide bonds. The van der Waals surface area contributed by atoms with Gasteiger partial charge in [-0.25, -0.2) is 9.97 Å². The number of aromatic nitrogens is 4. The number of nitrogens with one attached hydrogen (secondary N) is 3. The fourth-order valence-corrected chi connectivity index (χ4v) is 3.21. The summed E-state index contributed by atoms with van der Waals surface area (Å²) < 4.78 is 0. The fourth-order valence-electron chi connectivity index (χ4n) is 2.98. The van der Waals surface area contributed by atoms with Gasteiger partial charge in [0.05, 0.1) is 23.1 Å². The lowest BCUT2D eigenvalue weighted by Crippen LogP contribution is -2.36. The van der Waals surface area contributed by atoms with Crippen molar-refractivity contribution in [2.24, 2.45) is 0 Å². The Morgan fingerprint density at radius 1 is 1.22 bits per heavy atom. The molecular weight excluding hydrogens is 312 g/mol. The predicted octanol–water partition coefficient (Wildman–Crippen LogP) is 2.93. The van der Waals surface area contributed by atoms with E-state index in [2.05, 4.69) is 37.7 Å². The largest absolute Gasteiger partial charge is 0.351 e. The molecule has 0 unspecified atom stereocenters. The van der Waals surface area contributed by atoms with E-state index in [1.165, 1.54) is 5.56 Å². The summed E-state index contributed by atoms with van der Waals surface area (Å²) in [6, 6.07) is 1.01. The zero-order valence-corrected chi connectivity index (χ0v) is 14.1. The van der Waals surface area contributed by atoms with Crippen molar-refractivity contribution >= 4 is 17.5 Å². The van der Waals surface area contributed by atoms with Crippen LogP contribution in [0.5, 0.6) is 0 Å². The lowest BCUT2D eigenvalue weighted by molar-refractivity contribution is 0.352. The van der Waals surface area contributed by atoms with Gasteiger partial charge in [-0.1, -0.05) is 18.5 Å². The van der Waals surface area contributed by atoms with Crippen molar-refractivity contribution < 1.29 is 0 Å². The average molecular weight is 335 g/mol. The van der Waals surface area contributed by atoms with Gasteiger partial charge in [0.25, 0.3) is 0 Å². The number of anilines is 1. The van der Waals surface area contributed by atoms with Crippen molar-refractivity contribution in [3.8, 4) is 0 Å². The highest BCUT2D eigenvalue weighted by molar-refractivity contribution is 6.31. The first-order chi connectivity index (χ1) is 11.2. The molecule has 2 aromatic rings. The Hall–Kier alpha value is -1.66. The summed E-state index contributed by atoms with van der Waals surface area (Å²) in [5, 5.41) is 14.5. The molecule has 3 rings (SSSR count). The van der Waals surface area contributed by atoms with Gasteiger partial charge in [0.15, 0.2) is 0 Å². The summed E-state index contributed by atoms with van der Waals surface area (Å²) >= 11 is 6.07. The van der Waals surface area contributed by atoms with Gasteiger partial charge in [0, 0.05) is 30.4 Å². The highest BCUT2D eigenvalue weighted by Crippen LogP contribution is 2.22. The summed E-state index contributed by atoms with van der Waals surface area (Å²) in [5.41, 5.74) is 2.10. The minimum atomic E-state index is 0.438. The number of hydrogen-bond acceptors (Lipinski definition) is 5. The van der Waals surface area contributed by atoms with Crippen molar-refractivity contribution in [1.29, 1.82) is 0 Å². The van der Waals surface area contributed by atoms with Crippen LogP contribution in [0.15, 0.2) is 18.6 Å². The van der Waals surface area contributed by atoms with Crippen molar-refractivity contribution in [3.05, 3.63) is 34.9 Å². The predicted molar refractivity (Wildman–Crippen MR) is 91.5 cm³/mol. The Balaban J connectivity index is 1.45. The monoisotopic (exact) mass is 334 g/mol. The van der Waals surface area contributed by atoms with Crippen LogP contribution in [-0.2, 0) is 13.0 Å². The summed E-state index contributed by atoms with van der Waals surface area (Å²) in [6.45, 7) is 2.92. The van der Waals surface area contributed by atoms with Crippen molar-refractivity contribution in [1.82, 2.24) is 25.5 Å². The number of hydrogen-bond donors (Lipinski definition) is 3. The van der Waals surface area contributed by atoms with Gasteiger partial charge in [-0.3, -0.25) is 5.10 Å². The molecule has 0 aliphatic heterocycles. The Kier molecular flexibility index (Phi) is 5.46. The third-order valence-corrected chi connectivity index (χ3v) is 4.68. The quantitative estimate of drug-likeness (QED) is 0.757. The third kappa shape index (κ3) is 4.42. The molecule has 0 saturated heterocycles. The molecule has 0 atom stereocenters. The van der Waals surface area contributed by atoms with Crippen molar-refractivity contribution in [3.63, 3.8) is 0 Å². The van der Waals surface area contributed by atoms with Crippen LogP contribution in [0.4, 0.5) is 5.95 Å². The number of H-pyrrole nitrogens is 1. The first kappa shape index (κ1) is 16.2. The maximum absolute atomic E-state index is 6.07. The smallest absolute Gasteiger partial charge is 0.223 e. The van der Waals surface area contributed by atoms with Crippen molar-refractivity contribution in [2.45, 2.75) is 57.7 Å². The molecule has 3 N–H and O–H groups in total. The van der Waals surface area contributed by atoms with Crippen LogP contribution >= 0.6 is 11.6 Å².